The van der Waals surface area contributed by atoms with Gasteiger partial charge in [0.2, 0.25) is 0 Å². The molecule has 2 atom stereocenters. The first-order valence-electron chi connectivity index (χ1n) is 8.93. The average Bonchev–Trinajstić information content (AvgIpc) is 3.05. The standard InChI is InChI=1S/C21H22ClNO4/c1-13(2)26-20(24)12-17(15-8-4-5-9-16(15)22)23-21(25)19-11-14-7-3-6-10-18(14)27-19/h3-10,13,17,19H,11-12H2,1-2H3,(H,23,25). The summed E-state index contributed by atoms with van der Waals surface area (Å²) in [5.74, 6) is 0.0328. The largest absolute Gasteiger partial charge is 0.480 e. The maximum atomic E-state index is 12.8. The summed E-state index contributed by atoms with van der Waals surface area (Å²) < 4.78 is 11.0. The van der Waals surface area contributed by atoms with E-state index in [0.29, 0.717) is 22.8 Å². The molecule has 0 saturated carbocycles. The Balaban J connectivity index is 1.74. The number of para-hydroxylation sites is 1. The molecule has 1 amide bonds. The average molecular weight is 388 g/mol. The number of amides is 1. The summed E-state index contributed by atoms with van der Waals surface area (Å²) in [6, 6.07) is 14.1. The Labute approximate surface area is 163 Å². The molecule has 1 aliphatic rings. The first kappa shape index (κ1) is 19.2. The van der Waals surface area contributed by atoms with Crippen LogP contribution in [-0.2, 0) is 20.7 Å². The van der Waals surface area contributed by atoms with Crippen LogP contribution in [0, 0.1) is 0 Å². The summed E-state index contributed by atoms with van der Waals surface area (Å²) in [7, 11) is 0. The molecule has 1 heterocycles. The van der Waals surface area contributed by atoms with Crippen LogP contribution in [-0.4, -0.2) is 24.1 Å². The Morgan fingerprint density at radius 1 is 1.19 bits per heavy atom. The fourth-order valence-electron chi connectivity index (χ4n) is 3.07. The Bertz CT molecular complexity index is 811. The van der Waals surface area contributed by atoms with Gasteiger partial charge in [-0.05, 0) is 37.1 Å². The molecule has 142 valence electrons. The Hall–Kier alpha value is -2.53. The van der Waals surface area contributed by atoms with E-state index in [1.807, 2.05) is 30.3 Å². The van der Waals surface area contributed by atoms with Crippen molar-refractivity contribution < 1.29 is 19.1 Å². The lowest BCUT2D eigenvalue weighted by Crippen LogP contribution is -2.40. The molecular formula is C21H22ClNO4. The number of fused-ring (bicyclic) bond motifs is 1. The zero-order chi connectivity index (χ0) is 19.4. The van der Waals surface area contributed by atoms with E-state index in [-0.39, 0.29) is 18.4 Å². The molecule has 5 nitrogen and oxygen atoms in total. The second kappa shape index (κ2) is 8.44. The predicted molar refractivity (Wildman–Crippen MR) is 103 cm³/mol. The number of ether oxygens (including phenoxy) is 2. The number of carbonyl (C=O) groups is 2. The SMILES string of the molecule is CC(C)OC(=O)CC(NC(=O)C1Cc2ccccc2O1)c1ccccc1Cl. The van der Waals surface area contributed by atoms with Gasteiger partial charge in [-0.2, -0.15) is 0 Å². The quantitative estimate of drug-likeness (QED) is 0.765. The van der Waals surface area contributed by atoms with Crippen LogP contribution in [0.2, 0.25) is 5.02 Å². The summed E-state index contributed by atoms with van der Waals surface area (Å²) in [5.41, 5.74) is 1.66. The van der Waals surface area contributed by atoms with Crippen molar-refractivity contribution in [3.05, 3.63) is 64.7 Å². The minimum Gasteiger partial charge on any atom is -0.480 e. The van der Waals surface area contributed by atoms with Crippen LogP contribution >= 0.6 is 11.6 Å². The number of hydrogen-bond acceptors (Lipinski definition) is 4. The molecule has 2 aromatic rings. The molecule has 0 saturated heterocycles. The number of esters is 1. The highest BCUT2D eigenvalue weighted by molar-refractivity contribution is 6.31. The first-order chi connectivity index (χ1) is 12.9. The minimum absolute atomic E-state index is 0.00663. The highest BCUT2D eigenvalue weighted by Crippen LogP contribution is 2.30. The number of nitrogens with one attached hydrogen (secondary N) is 1. The van der Waals surface area contributed by atoms with Crippen molar-refractivity contribution in [2.75, 3.05) is 0 Å². The number of rotatable bonds is 6. The van der Waals surface area contributed by atoms with Gasteiger partial charge in [0.15, 0.2) is 6.10 Å². The normalized spacial score (nSPS) is 16.4. The van der Waals surface area contributed by atoms with Crippen LogP contribution in [0.1, 0.15) is 37.4 Å². The van der Waals surface area contributed by atoms with Crippen LogP contribution < -0.4 is 10.1 Å². The van der Waals surface area contributed by atoms with E-state index in [2.05, 4.69) is 5.32 Å². The van der Waals surface area contributed by atoms with Crippen molar-refractivity contribution in [3.63, 3.8) is 0 Å². The van der Waals surface area contributed by atoms with Crippen molar-refractivity contribution in [3.8, 4) is 5.75 Å². The monoisotopic (exact) mass is 387 g/mol. The van der Waals surface area contributed by atoms with Gasteiger partial charge in [0.05, 0.1) is 18.6 Å². The van der Waals surface area contributed by atoms with Crippen LogP contribution in [0.25, 0.3) is 0 Å². The molecule has 0 bridgehead atoms. The summed E-state index contributed by atoms with van der Waals surface area (Å²) >= 11 is 6.29. The summed E-state index contributed by atoms with van der Waals surface area (Å²) in [6.45, 7) is 3.56. The van der Waals surface area contributed by atoms with Gasteiger partial charge in [0.1, 0.15) is 5.75 Å². The highest BCUT2D eigenvalue weighted by atomic mass is 35.5. The van der Waals surface area contributed by atoms with Gasteiger partial charge in [-0.25, -0.2) is 0 Å². The molecule has 1 aliphatic heterocycles. The molecule has 0 spiro atoms. The Morgan fingerprint density at radius 3 is 2.59 bits per heavy atom. The highest BCUT2D eigenvalue weighted by Gasteiger charge is 2.31. The lowest BCUT2D eigenvalue weighted by atomic mass is 10.0. The Kier molecular flexibility index (Phi) is 6.01. The first-order valence-corrected chi connectivity index (χ1v) is 9.30. The summed E-state index contributed by atoms with van der Waals surface area (Å²) in [6.07, 6.45) is -0.373. The topological polar surface area (TPSA) is 64.6 Å². The zero-order valence-corrected chi connectivity index (χ0v) is 16.0. The second-order valence-electron chi connectivity index (χ2n) is 6.74. The maximum Gasteiger partial charge on any atom is 0.308 e. The van der Waals surface area contributed by atoms with Gasteiger partial charge in [0, 0.05) is 11.4 Å². The van der Waals surface area contributed by atoms with Crippen molar-refractivity contribution >= 4 is 23.5 Å². The zero-order valence-electron chi connectivity index (χ0n) is 15.3. The molecule has 3 rings (SSSR count). The third kappa shape index (κ3) is 4.80. The molecular weight excluding hydrogens is 366 g/mol. The smallest absolute Gasteiger partial charge is 0.308 e. The van der Waals surface area contributed by atoms with E-state index in [4.69, 9.17) is 21.1 Å². The fourth-order valence-corrected chi connectivity index (χ4v) is 3.33. The Morgan fingerprint density at radius 2 is 1.89 bits per heavy atom. The van der Waals surface area contributed by atoms with Crippen LogP contribution in [0.4, 0.5) is 0 Å². The van der Waals surface area contributed by atoms with Gasteiger partial charge < -0.3 is 14.8 Å². The molecule has 2 unspecified atom stereocenters. The van der Waals surface area contributed by atoms with Gasteiger partial charge in [0.25, 0.3) is 5.91 Å². The molecule has 0 aliphatic carbocycles. The van der Waals surface area contributed by atoms with E-state index in [1.165, 1.54) is 0 Å². The lowest BCUT2D eigenvalue weighted by Gasteiger charge is -2.22. The van der Waals surface area contributed by atoms with Gasteiger partial charge in [-0.3, -0.25) is 9.59 Å². The molecule has 1 N–H and O–H groups in total. The van der Waals surface area contributed by atoms with Crippen molar-refractivity contribution in [2.45, 2.75) is 44.9 Å². The molecule has 0 aromatic heterocycles. The second-order valence-corrected chi connectivity index (χ2v) is 7.15. The van der Waals surface area contributed by atoms with Crippen molar-refractivity contribution in [1.29, 1.82) is 0 Å². The minimum atomic E-state index is -0.631. The lowest BCUT2D eigenvalue weighted by molar-refractivity contribution is -0.148. The van der Waals surface area contributed by atoms with Crippen molar-refractivity contribution in [2.24, 2.45) is 0 Å². The molecule has 0 radical (unpaired) electrons. The van der Waals surface area contributed by atoms with E-state index in [9.17, 15) is 9.59 Å². The van der Waals surface area contributed by atoms with Gasteiger partial charge in [-0.1, -0.05) is 48.0 Å². The fraction of sp³-hybridized carbons (Fsp3) is 0.333. The van der Waals surface area contributed by atoms with E-state index >= 15 is 0 Å². The third-order valence-corrected chi connectivity index (χ3v) is 4.62. The number of halogens is 1. The van der Waals surface area contributed by atoms with Crippen LogP contribution in [0.15, 0.2) is 48.5 Å². The summed E-state index contributed by atoms with van der Waals surface area (Å²) in [4.78, 5) is 25.0. The summed E-state index contributed by atoms with van der Waals surface area (Å²) in [5, 5.41) is 3.39. The van der Waals surface area contributed by atoms with E-state index < -0.39 is 18.1 Å². The maximum absolute atomic E-state index is 12.8. The van der Waals surface area contributed by atoms with E-state index in [1.54, 1.807) is 32.0 Å². The van der Waals surface area contributed by atoms with Crippen LogP contribution in [0.5, 0.6) is 5.75 Å². The third-order valence-electron chi connectivity index (χ3n) is 4.27. The number of benzene rings is 2. The number of hydrogen-bond donors (Lipinski definition) is 1. The molecule has 0 fully saturated rings. The van der Waals surface area contributed by atoms with Gasteiger partial charge >= 0.3 is 5.97 Å². The molecule has 6 heteroatoms. The molecule has 2 aromatic carbocycles. The van der Waals surface area contributed by atoms with Crippen molar-refractivity contribution in [1.82, 2.24) is 5.32 Å². The predicted octanol–water partition coefficient (Wildman–Crippen LogP) is 3.84. The van der Waals surface area contributed by atoms with E-state index in [0.717, 1.165) is 5.56 Å². The number of carbonyl (C=O) groups excluding carboxylic acids is 2. The van der Waals surface area contributed by atoms with Crippen LogP contribution in [0.3, 0.4) is 0 Å². The molecule has 27 heavy (non-hydrogen) atoms. The van der Waals surface area contributed by atoms with Gasteiger partial charge in [-0.15, -0.1) is 0 Å².